The number of anilines is 2. The highest BCUT2D eigenvalue weighted by Gasteiger charge is 2.21. The first-order chi connectivity index (χ1) is 12.6. The lowest BCUT2D eigenvalue weighted by Gasteiger charge is -2.28. The van der Waals surface area contributed by atoms with Gasteiger partial charge in [-0.3, -0.25) is 4.79 Å². The molecule has 26 heavy (non-hydrogen) atoms. The van der Waals surface area contributed by atoms with Crippen LogP contribution in [0.25, 0.3) is 0 Å². The summed E-state index contributed by atoms with van der Waals surface area (Å²) in [7, 11) is 0. The summed E-state index contributed by atoms with van der Waals surface area (Å²) in [6, 6.07) is 14.7. The van der Waals surface area contributed by atoms with Crippen molar-refractivity contribution < 1.29 is 4.79 Å². The van der Waals surface area contributed by atoms with Crippen LogP contribution in [-0.4, -0.2) is 16.9 Å². The molecular formula is C22H29N3O. The van der Waals surface area contributed by atoms with Gasteiger partial charge in [0.05, 0.1) is 11.9 Å². The number of hydrogen-bond acceptors (Lipinski definition) is 3. The van der Waals surface area contributed by atoms with E-state index in [2.05, 4.69) is 53.3 Å². The molecule has 0 spiro atoms. The molecule has 1 N–H and O–H groups in total. The number of nitrogens with one attached hydrogen (secondary N) is 1. The van der Waals surface area contributed by atoms with Gasteiger partial charge >= 0.3 is 0 Å². The third kappa shape index (κ3) is 4.84. The average molecular weight is 351 g/mol. The monoisotopic (exact) mass is 351 g/mol. The highest BCUT2D eigenvalue weighted by atomic mass is 16.1. The first-order valence-electron chi connectivity index (χ1n) is 9.71. The summed E-state index contributed by atoms with van der Waals surface area (Å²) in [6.07, 6.45) is 7.38. The Morgan fingerprint density at radius 3 is 2.46 bits per heavy atom. The van der Waals surface area contributed by atoms with Crippen molar-refractivity contribution in [3.63, 3.8) is 0 Å². The van der Waals surface area contributed by atoms with Gasteiger partial charge in [0.1, 0.15) is 5.82 Å². The number of hydrogen-bond donors (Lipinski definition) is 1. The lowest BCUT2D eigenvalue weighted by atomic mass is 9.88. The lowest BCUT2D eigenvalue weighted by molar-refractivity contribution is -0.120. The minimum atomic E-state index is 0.143. The van der Waals surface area contributed by atoms with Crippen LogP contribution in [0.4, 0.5) is 11.5 Å². The van der Waals surface area contributed by atoms with Gasteiger partial charge in [0.25, 0.3) is 0 Å². The third-order valence-electron chi connectivity index (χ3n) is 5.10. The second-order valence-corrected chi connectivity index (χ2v) is 7.44. The molecule has 1 aromatic heterocycles. The predicted molar refractivity (Wildman–Crippen MR) is 107 cm³/mol. The minimum absolute atomic E-state index is 0.143. The number of aromatic nitrogens is 1. The zero-order chi connectivity index (χ0) is 18.4. The van der Waals surface area contributed by atoms with Crippen molar-refractivity contribution in [3.8, 4) is 0 Å². The molecular weight excluding hydrogens is 322 g/mol. The van der Waals surface area contributed by atoms with Crippen LogP contribution >= 0.6 is 0 Å². The average Bonchev–Trinajstić information content (AvgIpc) is 2.68. The van der Waals surface area contributed by atoms with Crippen LogP contribution in [0.2, 0.25) is 0 Å². The molecule has 0 bridgehead atoms. The van der Waals surface area contributed by atoms with Gasteiger partial charge in [-0.25, -0.2) is 4.98 Å². The van der Waals surface area contributed by atoms with Crippen LogP contribution in [-0.2, 0) is 11.3 Å². The summed E-state index contributed by atoms with van der Waals surface area (Å²) in [4.78, 5) is 19.3. The molecule has 1 saturated carbocycles. The molecule has 4 nitrogen and oxygen atoms in total. The fraction of sp³-hybridized carbons (Fsp3) is 0.455. The smallest absolute Gasteiger partial charge is 0.227 e. The van der Waals surface area contributed by atoms with Crippen LogP contribution in [0.15, 0.2) is 48.7 Å². The number of nitrogens with zero attached hydrogens (tertiary/aromatic N) is 2. The summed E-state index contributed by atoms with van der Waals surface area (Å²) >= 11 is 0. The highest BCUT2D eigenvalue weighted by molar-refractivity contribution is 5.92. The van der Waals surface area contributed by atoms with Gasteiger partial charge < -0.3 is 10.2 Å². The van der Waals surface area contributed by atoms with Gasteiger partial charge in [0.2, 0.25) is 5.91 Å². The van der Waals surface area contributed by atoms with E-state index in [9.17, 15) is 4.79 Å². The van der Waals surface area contributed by atoms with E-state index in [1.54, 1.807) is 6.20 Å². The Labute approximate surface area is 156 Å². The topological polar surface area (TPSA) is 45.2 Å². The van der Waals surface area contributed by atoms with Gasteiger partial charge in [-0.05, 0) is 44.4 Å². The van der Waals surface area contributed by atoms with E-state index in [0.717, 1.165) is 43.7 Å². The Hall–Kier alpha value is -2.36. The highest BCUT2D eigenvalue weighted by Crippen LogP contribution is 2.25. The van der Waals surface area contributed by atoms with Crippen molar-refractivity contribution in [2.75, 3.05) is 10.2 Å². The van der Waals surface area contributed by atoms with Gasteiger partial charge in [-0.2, -0.15) is 0 Å². The zero-order valence-corrected chi connectivity index (χ0v) is 15.8. The van der Waals surface area contributed by atoms with Crippen molar-refractivity contribution in [1.29, 1.82) is 0 Å². The molecule has 1 heterocycles. The van der Waals surface area contributed by atoms with Crippen molar-refractivity contribution in [3.05, 3.63) is 54.2 Å². The Morgan fingerprint density at radius 2 is 1.85 bits per heavy atom. The number of carbonyl (C=O) groups excluding carboxylic acids is 1. The minimum Gasteiger partial charge on any atom is -0.350 e. The zero-order valence-electron chi connectivity index (χ0n) is 15.8. The molecule has 1 aliphatic rings. The first-order valence-corrected chi connectivity index (χ1v) is 9.71. The second-order valence-electron chi connectivity index (χ2n) is 7.44. The normalized spacial score (nSPS) is 15.0. The van der Waals surface area contributed by atoms with E-state index in [0.29, 0.717) is 6.04 Å². The van der Waals surface area contributed by atoms with E-state index in [4.69, 9.17) is 0 Å². The summed E-state index contributed by atoms with van der Waals surface area (Å²) in [5.74, 6) is 1.23. The third-order valence-corrected chi connectivity index (χ3v) is 5.10. The van der Waals surface area contributed by atoms with Gasteiger partial charge in [0, 0.05) is 18.5 Å². The number of benzene rings is 1. The maximum atomic E-state index is 12.4. The quantitative estimate of drug-likeness (QED) is 0.795. The van der Waals surface area contributed by atoms with E-state index in [-0.39, 0.29) is 11.8 Å². The van der Waals surface area contributed by atoms with E-state index in [1.807, 2.05) is 18.2 Å². The van der Waals surface area contributed by atoms with E-state index >= 15 is 0 Å². The van der Waals surface area contributed by atoms with Crippen LogP contribution in [0.5, 0.6) is 0 Å². The molecule has 3 rings (SSSR count). The molecule has 0 atom stereocenters. The standard InChI is InChI=1S/C22H29N3O/c1-17(2)25(16-18-9-5-3-6-10-18)21-14-13-20(15-23-21)24-22(26)19-11-7-4-8-12-19/h3,5-6,9-10,13-15,17,19H,4,7-8,11-12,16H2,1-2H3,(H,24,26). The number of carbonyl (C=O) groups is 1. The molecule has 2 aromatic rings. The summed E-state index contributed by atoms with van der Waals surface area (Å²) < 4.78 is 0. The Balaban J connectivity index is 1.65. The number of rotatable bonds is 6. The lowest BCUT2D eigenvalue weighted by Crippen LogP contribution is -2.31. The summed E-state index contributed by atoms with van der Waals surface area (Å²) in [5.41, 5.74) is 2.05. The fourth-order valence-corrected chi connectivity index (χ4v) is 3.55. The molecule has 0 unspecified atom stereocenters. The van der Waals surface area contributed by atoms with Gasteiger partial charge in [-0.15, -0.1) is 0 Å². The van der Waals surface area contributed by atoms with Crippen LogP contribution in [0.1, 0.15) is 51.5 Å². The molecule has 4 heteroatoms. The molecule has 1 fully saturated rings. The SMILES string of the molecule is CC(C)N(Cc1ccccc1)c1ccc(NC(=O)C2CCCCC2)cn1. The molecule has 1 amide bonds. The largest absolute Gasteiger partial charge is 0.350 e. The van der Waals surface area contributed by atoms with Crippen LogP contribution in [0, 0.1) is 5.92 Å². The van der Waals surface area contributed by atoms with Crippen molar-refractivity contribution in [2.45, 2.75) is 58.5 Å². The van der Waals surface area contributed by atoms with Crippen molar-refractivity contribution in [2.24, 2.45) is 5.92 Å². The van der Waals surface area contributed by atoms with Crippen molar-refractivity contribution in [1.82, 2.24) is 4.98 Å². The van der Waals surface area contributed by atoms with Gasteiger partial charge in [0.15, 0.2) is 0 Å². The molecule has 0 aliphatic heterocycles. The maximum Gasteiger partial charge on any atom is 0.227 e. The number of pyridine rings is 1. The number of amides is 1. The van der Waals surface area contributed by atoms with Crippen molar-refractivity contribution >= 4 is 17.4 Å². The molecule has 138 valence electrons. The molecule has 1 aliphatic carbocycles. The van der Waals surface area contributed by atoms with Gasteiger partial charge in [-0.1, -0.05) is 49.6 Å². The fourth-order valence-electron chi connectivity index (χ4n) is 3.55. The first kappa shape index (κ1) is 18.4. The van der Waals surface area contributed by atoms with Crippen LogP contribution < -0.4 is 10.2 Å². The maximum absolute atomic E-state index is 12.4. The molecule has 0 saturated heterocycles. The Morgan fingerprint density at radius 1 is 1.12 bits per heavy atom. The Bertz CT molecular complexity index is 691. The summed E-state index contributed by atoms with van der Waals surface area (Å²) in [5, 5.41) is 3.04. The Kier molecular flexibility index (Phi) is 6.26. The second kappa shape index (κ2) is 8.84. The van der Waals surface area contributed by atoms with E-state index in [1.165, 1.54) is 12.0 Å². The van der Waals surface area contributed by atoms with E-state index < -0.39 is 0 Å². The summed E-state index contributed by atoms with van der Waals surface area (Å²) in [6.45, 7) is 5.16. The van der Waals surface area contributed by atoms with Crippen LogP contribution in [0.3, 0.4) is 0 Å². The molecule has 0 radical (unpaired) electrons. The predicted octanol–water partition coefficient (Wildman–Crippen LogP) is 5.02. The molecule has 1 aromatic carbocycles.